The molecule has 0 amide bonds. The lowest BCUT2D eigenvalue weighted by Crippen LogP contribution is -1.96. The van der Waals surface area contributed by atoms with Crippen LogP contribution in [0.1, 0.15) is 78.1 Å². The third-order valence-corrected chi connectivity index (χ3v) is 8.17. The Morgan fingerprint density at radius 1 is 0.786 bits per heavy atom. The average molecular weight is 563 g/mol. The lowest BCUT2D eigenvalue weighted by atomic mass is 9.99. The summed E-state index contributed by atoms with van der Waals surface area (Å²) in [6, 6.07) is 8.02. The maximum Gasteiger partial charge on any atom is 0.303 e. The molecule has 0 spiro atoms. The maximum absolute atomic E-state index is 11.5. The van der Waals surface area contributed by atoms with Gasteiger partial charge in [-0.3, -0.25) is 9.59 Å². The highest BCUT2D eigenvalue weighted by Crippen LogP contribution is 2.37. The van der Waals surface area contributed by atoms with E-state index in [1.807, 2.05) is 44.2 Å². The number of aliphatic carboxylic acids is 1. The summed E-state index contributed by atoms with van der Waals surface area (Å²) in [5, 5.41) is 9.46. The highest BCUT2D eigenvalue weighted by atomic mass is 16.5. The summed E-state index contributed by atoms with van der Waals surface area (Å²) in [6.07, 6.45) is 4.49. The summed E-state index contributed by atoms with van der Waals surface area (Å²) in [4.78, 5) is 39.5. The molecular formula is C34H34N4O4. The van der Waals surface area contributed by atoms with Crippen molar-refractivity contribution in [1.29, 1.82) is 0 Å². The largest absolute Gasteiger partial charge is 0.481 e. The number of nitrogens with zero attached hydrogens (tertiary/aromatic N) is 2. The molecule has 0 saturated carbocycles. The van der Waals surface area contributed by atoms with Crippen LogP contribution in [0.3, 0.4) is 0 Å². The number of fused-ring (bicyclic) bond motifs is 8. The summed E-state index contributed by atoms with van der Waals surface area (Å²) >= 11 is 0. The third kappa shape index (κ3) is 5.11. The van der Waals surface area contributed by atoms with Crippen LogP contribution in [0.25, 0.3) is 56.5 Å². The highest BCUT2D eigenvalue weighted by Gasteiger charge is 2.22. The zero-order chi connectivity index (χ0) is 30.1. The third-order valence-electron chi connectivity index (χ3n) is 8.17. The number of aromatic nitrogens is 4. The Morgan fingerprint density at radius 3 is 1.81 bits per heavy atom. The van der Waals surface area contributed by atoms with Gasteiger partial charge >= 0.3 is 5.97 Å². The summed E-state index contributed by atoms with van der Waals surface area (Å²) in [6.45, 7) is 16.9. The standard InChI is InChI=1S/C34H34N4O4/c1-7-22-18(3)26-13-27-21(6)25(11-12-42-17-39)33(37-27)16-32-24(9-10-34(40)41)20(5)29(38-32)15-31-23(8-2)19(4)28(36-31)14-30(22)35-26/h7-8,13-17,35-36H,1-2,9-12H2,3-6H3,(H,40,41). The van der Waals surface area contributed by atoms with Gasteiger partial charge < -0.3 is 19.8 Å². The van der Waals surface area contributed by atoms with Crippen LogP contribution in [0.5, 0.6) is 0 Å². The van der Waals surface area contributed by atoms with Crippen molar-refractivity contribution in [2.24, 2.45) is 0 Å². The minimum absolute atomic E-state index is 0.0161. The number of aromatic amines is 2. The molecule has 0 unspecified atom stereocenters. The molecule has 2 aliphatic rings. The van der Waals surface area contributed by atoms with E-state index in [0.717, 1.165) is 78.0 Å². The van der Waals surface area contributed by atoms with E-state index in [-0.39, 0.29) is 13.0 Å². The second kappa shape index (κ2) is 11.5. The number of nitrogens with one attached hydrogen (secondary N) is 2. The molecule has 42 heavy (non-hydrogen) atoms. The van der Waals surface area contributed by atoms with Gasteiger partial charge in [0.05, 0.1) is 29.4 Å². The van der Waals surface area contributed by atoms with Crippen molar-refractivity contribution in [2.75, 3.05) is 6.61 Å². The Labute approximate surface area is 244 Å². The first-order chi connectivity index (χ1) is 20.2. The first kappa shape index (κ1) is 28.5. The number of hydrogen-bond acceptors (Lipinski definition) is 5. The maximum atomic E-state index is 11.5. The molecule has 8 nitrogen and oxygen atoms in total. The van der Waals surface area contributed by atoms with Crippen LogP contribution < -0.4 is 0 Å². The van der Waals surface area contributed by atoms with Crippen LogP contribution in [-0.2, 0) is 14.3 Å². The Bertz CT molecular complexity index is 1880. The van der Waals surface area contributed by atoms with Gasteiger partial charge in [-0.1, -0.05) is 25.3 Å². The van der Waals surface area contributed by atoms with Crippen molar-refractivity contribution in [3.63, 3.8) is 0 Å². The summed E-state index contributed by atoms with van der Waals surface area (Å²) in [5.41, 5.74) is 14.3. The second-order valence-corrected chi connectivity index (χ2v) is 10.6. The van der Waals surface area contributed by atoms with Crippen molar-refractivity contribution in [1.82, 2.24) is 19.9 Å². The van der Waals surface area contributed by atoms with E-state index in [0.29, 0.717) is 30.7 Å². The number of carbonyl (C=O) groups is 2. The van der Waals surface area contributed by atoms with Crippen LogP contribution >= 0.6 is 0 Å². The number of hydrogen-bond donors (Lipinski definition) is 3. The van der Waals surface area contributed by atoms with Gasteiger partial charge in [-0.15, -0.1) is 0 Å². The zero-order valence-corrected chi connectivity index (χ0v) is 24.4. The normalized spacial score (nSPS) is 13.0. The van der Waals surface area contributed by atoms with Crippen LogP contribution in [-0.4, -0.2) is 44.1 Å². The van der Waals surface area contributed by atoms with Gasteiger partial charge in [0.15, 0.2) is 0 Å². The number of carbonyl (C=O) groups excluding carboxylic acids is 1. The first-order valence-corrected chi connectivity index (χ1v) is 13.8. The molecule has 0 aliphatic carbocycles. The monoisotopic (exact) mass is 562 g/mol. The van der Waals surface area contributed by atoms with Gasteiger partial charge in [0.1, 0.15) is 0 Å². The van der Waals surface area contributed by atoms with Crippen molar-refractivity contribution < 1.29 is 19.4 Å². The molecule has 3 aromatic rings. The van der Waals surface area contributed by atoms with E-state index in [1.54, 1.807) is 0 Å². The van der Waals surface area contributed by atoms with Crippen LogP contribution in [0.2, 0.25) is 0 Å². The number of allylic oxidation sites excluding steroid dienone is 3. The molecule has 3 N–H and O–H groups in total. The molecule has 8 bridgehead atoms. The predicted octanol–water partition coefficient (Wildman–Crippen LogP) is 7.51. The van der Waals surface area contributed by atoms with E-state index in [2.05, 4.69) is 43.0 Å². The summed E-state index contributed by atoms with van der Waals surface area (Å²) < 4.78 is 5.04. The number of rotatable bonds is 9. The zero-order valence-electron chi connectivity index (χ0n) is 24.4. The second-order valence-electron chi connectivity index (χ2n) is 10.6. The average Bonchev–Trinajstić information content (AvgIpc) is 3.61. The predicted molar refractivity (Wildman–Crippen MR) is 169 cm³/mol. The molecular weight excluding hydrogens is 528 g/mol. The smallest absolute Gasteiger partial charge is 0.303 e. The molecule has 0 atom stereocenters. The van der Waals surface area contributed by atoms with Crippen LogP contribution in [0, 0.1) is 13.8 Å². The quantitative estimate of drug-likeness (QED) is 0.183. The Kier molecular flexibility index (Phi) is 7.81. The molecule has 3 aromatic heterocycles. The Balaban J connectivity index is 1.92. The number of aryl methyl sites for hydroxylation is 2. The minimum Gasteiger partial charge on any atom is -0.481 e. The van der Waals surface area contributed by atoms with E-state index in [1.165, 1.54) is 0 Å². The lowest BCUT2D eigenvalue weighted by Gasteiger charge is -2.05. The van der Waals surface area contributed by atoms with Gasteiger partial charge in [-0.25, -0.2) is 9.97 Å². The number of ether oxygens (including phenoxy) is 1. The topological polar surface area (TPSA) is 121 Å². The number of H-pyrrole nitrogens is 2. The van der Waals surface area contributed by atoms with Gasteiger partial charge in [-0.2, -0.15) is 0 Å². The van der Waals surface area contributed by atoms with Gasteiger partial charge in [0.2, 0.25) is 0 Å². The fourth-order valence-electron chi connectivity index (χ4n) is 5.74. The minimum atomic E-state index is -0.871. The molecule has 2 aliphatic heterocycles. The first-order valence-electron chi connectivity index (χ1n) is 13.8. The molecule has 0 saturated heterocycles. The molecule has 5 heterocycles. The van der Waals surface area contributed by atoms with E-state index >= 15 is 0 Å². The van der Waals surface area contributed by atoms with Crippen molar-refractivity contribution in [2.45, 2.75) is 47.0 Å². The van der Waals surface area contributed by atoms with Crippen molar-refractivity contribution in [3.8, 4) is 0 Å². The van der Waals surface area contributed by atoms with Gasteiger partial charge in [0, 0.05) is 46.0 Å². The van der Waals surface area contributed by atoms with Crippen LogP contribution in [0.15, 0.2) is 37.4 Å². The summed E-state index contributed by atoms with van der Waals surface area (Å²) in [5.74, 6) is -0.871. The fraction of sp³-hybridized carbons (Fsp3) is 0.235. The molecule has 214 valence electrons. The number of carboxylic acids is 1. The van der Waals surface area contributed by atoms with Gasteiger partial charge in [-0.05, 0) is 91.8 Å². The van der Waals surface area contributed by atoms with E-state index in [4.69, 9.17) is 14.7 Å². The molecule has 0 aromatic carbocycles. The Hall–Kier alpha value is -4.98. The van der Waals surface area contributed by atoms with Crippen molar-refractivity contribution >= 4 is 69.0 Å². The van der Waals surface area contributed by atoms with E-state index < -0.39 is 5.97 Å². The molecule has 5 rings (SSSR count). The number of carboxylic acid groups (broad SMARTS) is 1. The van der Waals surface area contributed by atoms with Crippen molar-refractivity contribution in [3.05, 3.63) is 82.5 Å². The summed E-state index contributed by atoms with van der Waals surface area (Å²) in [7, 11) is 0. The fourth-order valence-corrected chi connectivity index (χ4v) is 5.74. The van der Waals surface area contributed by atoms with Gasteiger partial charge in [0.25, 0.3) is 6.47 Å². The SMILES string of the molecule is C=Cc1c(C)c2cc3[nH]c(cc4nc(cc5nc(cc1[nH]2)C(C)=C5CCC(=O)O)C(CCOC=O)=C4C)c(C)c3C=C. The lowest BCUT2D eigenvalue weighted by molar-refractivity contribution is -0.136. The molecule has 0 radical (unpaired) electrons. The van der Waals surface area contributed by atoms with E-state index in [9.17, 15) is 14.7 Å². The molecule has 8 heteroatoms. The highest BCUT2D eigenvalue weighted by molar-refractivity contribution is 5.96. The molecule has 0 fully saturated rings. The Morgan fingerprint density at radius 2 is 1.29 bits per heavy atom. The van der Waals surface area contributed by atoms with Crippen LogP contribution in [0.4, 0.5) is 0 Å².